The van der Waals surface area contributed by atoms with Crippen LogP contribution in [0.5, 0.6) is 5.75 Å². The minimum Gasteiger partial charge on any atom is -0.491 e. The molecule has 0 spiro atoms. The lowest BCUT2D eigenvalue weighted by Gasteiger charge is -2.34. The van der Waals surface area contributed by atoms with E-state index in [1.54, 1.807) is 6.07 Å². The molecule has 0 amide bonds. The molecule has 0 bridgehead atoms. The molecule has 4 nitrogen and oxygen atoms in total. The van der Waals surface area contributed by atoms with Crippen molar-refractivity contribution in [2.75, 3.05) is 44.2 Å². The van der Waals surface area contributed by atoms with Crippen molar-refractivity contribution in [1.82, 2.24) is 0 Å². The van der Waals surface area contributed by atoms with Gasteiger partial charge < -0.3 is 19.6 Å². The average Bonchev–Trinajstić information content (AvgIpc) is 2.67. The molecule has 1 aliphatic rings. The second-order valence-corrected chi connectivity index (χ2v) is 8.03. The largest absolute Gasteiger partial charge is 0.491 e. The quantitative estimate of drug-likeness (QED) is 0.766. The fraction of sp³-hybridized carbons (Fsp3) is 0.478. The van der Waals surface area contributed by atoms with Gasteiger partial charge in [-0.2, -0.15) is 0 Å². The number of para-hydroxylation sites is 1. The van der Waals surface area contributed by atoms with Gasteiger partial charge in [-0.1, -0.05) is 32.0 Å². The van der Waals surface area contributed by atoms with E-state index in [0.29, 0.717) is 24.8 Å². The maximum Gasteiger partial charge on any atom is 0.146 e. The Hall–Kier alpha value is -2.11. The highest BCUT2D eigenvalue weighted by Crippen LogP contribution is 2.23. The number of nitrogens with one attached hydrogen (secondary N) is 1. The number of benzene rings is 2. The zero-order valence-corrected chi connectivity index (χ0v) is 17.1. The first-order valence-electron chi connectivity index (χ1n) is 10.2. The molecule has 1 fully saturated rings. The average molecular weight is 388 g/mol. The number of aryl methyl sites for hydroxylation is 1. The normalized spacial score (nSPS) is 16.4. The third-order valence-corrected chi connectivity index (χ3v) is 5.49. The molecule has 1 saturated heterocycles. The number of hydrogen-bond donors (Lipinski definition) is 2. The monoisotopic (exact) mass is 387 g/mol. The third-order valence-electron chi connectivity index (χ3n) is 5.49. The highest BCUT2D eigenvalue weighted by Gasteiger charge is 2.24. The minimum absolute atomic E-state index is 0.168. The lowest BCUT2D eigenvalue weighted by Crippen LogP contribution is -3.16. The molecule has 1 atom stereocenters. The van der Waals surface area contributed by atoms with E-state index in [-0.39, 0.29) is 5.82 Å². The fourth-order valence-electron chi connectivity index (χ4n) is 3.95. The van der Waals surface area contributed by atoms with Crippen LogP contribution in [0.4, 0.5) is 10.1 Å². The van der Waals surface area contributed by atoms with Crippen molar-refractivity contribution < 1.29 is 19.1 Å². The number of piperazine rings is 1. The van der Waals surface area contributed by atoms with Crippen LogP contribution in [0.2, 0.25) is 0 Å². The van der Waals surface area contributed by atoms with Crippen molar-refractivity contribution in [3.8, 4) is 5.75 Å². The van der Waals surface area contributed by atoms with Gasteiger partial charge in [0.25, 0.3) is 0 Å². The summed E-state index contributed by atoms with van der Waals surface area (Å²) in [6.45, 7) is 10.7. The summed E-state index contributed by atoms with van der Waals surface area (Å²) in [6, 6.07) is 13.1. The fourth-order valence-corrected chi connectivity index (χ4v) is 3.95. The Kier molecular flexibility index (Phi) is 6.92. The van der Waals surface area contributed by atoms with Crippen molar-refractivity contribution in [3.05, 3.63) is 59.4 Å². The van der Waals surface area contributed by atoms with Gasteiger partial charge in [0.15, 0.2) is 0 Å². The molecular formula is C23H32FN2O2+. The second kappa shape index (κ2) is 9.39. The van der Waals surface area contributed by atoms with Gasteiger partial charge in [-0.15, -0.1) is 0 Å². The van der Waals surface area contributed by atoms with Gasteiger partial charge in [0, 0.05) is 0 Å². The molecule has 1 heterocycles. The van der Waals surface area contributed by atoms with E-state index in [1.807, 2.05) is 24.3 Å². The van der Waals surface area contributed by atoms with Gasteiger partial charge in [0.1, 0.15) is 30.8 Å². The maximum atomic E-state index is 13.9. The molecule has 28 heavy (non-hydrogen) atoms. The highest BCUT2D eigenvalue weighted by molar-refractivity contribution is 5.47. The number of anilines is 1. The van der Waals surface area contributed by atoms with Crippen LogP contribution in [0.3, 0.4) is 0 Å². The number of quaternary nitrogens is 1. The predicted octanol–water partition coefficient (Wildman–Crippen LogP) is 2.40. The lowest BCUT2D eigenvalue weighted by atomic mass is 9.98. The zero-order chi connectivity index (χ0) is 20.1. The van der Waals surface area contributed by atoms with Crippen LogP contribution in [0.1, 0.15) is 30.9 Å². The van der Waals surface area contributed by atoms with E-state index in [0.717, 1.165) is 31.9 Å². The molecular weight excluding hydrogens is 355 g/mol. The van der Waals surface area contributed by atoms with Crippen LogP contribution in [0.15, 0.2) is 42.5 Å². The van der Waals surface area contributed by atoms with Gasteiger partial charge in [0.05, 0.1) is 31.9 Å². The van der Waals surface area contributed by atoms with E-state index < -0.39 is 6.10 Å². The highest BCUT2D eigenvalue weighted by atomic mass is 19.1. The van der Waals surface area contributed by atoms with Crippen LogP contribution >= 0.6 is 0 Å². The first-order chi connectivity index (χ1) is 13.4. The summed E-state index contributed by atoms with van der Waals surface area (Å²) in [5.74, 6) is 1.13. The maximum absolute atomic E-state index is 13.9. The molecule has 0 aromatic heterocycles. The number of halogens is 1. The molecule has 1 unspecified atom stereocenters. The summed E-state index contributed by atoms with van der Waals surface area (Å²) in [5.41, 5.74) is 3.22. The summed E-state index contributed by atoms with van der Waals surface area (Å²) in [6.07, 6.45) is -0.514. The predicted molar refractivity (Wildman–Crippen MR) is 111 cm³/mol. The Bertz CT molecular complexity index is 773. The molecule has 2 N–H and O–H groups in total. The van der Waals surface area contributed by atoms with Crippen LogP contribution in [0, 0.1) is 12.7 Å². The number of ether oxygens (including phenoxy) is 1. The molecule has 0 radical (unpaired) electrons. The Morgan fingerprint density at radius 2 is 1.86 bits per heavy atom. The van der Waals surface area contributed by atoms with E-state index in [2.05, 4.69) is 31.7 Å². The summed E-state index contributed by atoms with van der Waals surface area (Å²) in [4.78, 5) is 3.41. The molecule has 2 aromatic rings. The topological polar surface area (TPSA) is 37.1 Å². The van der Waals surface area contributed by atoms with Gasteiger partial charge in [0.2, 0.25) is 0 Å². The lowest BCUT2D eigenvalue weighted by molar-refractivity contribution is -0.903. The molecule has 3 rings (SSSR count). The minimum atomic E-state index is -0.514. The Balaban J connectivity index is 1.44. The molecule has 0 saturated carbocycles. The SMILES string of the molecule is Cc1cc(OCC(O)C[NH+]2CCN(c3ccccc3F)CC2)ccc1C(C)C. The standard InChI is InChI=1S/C23H31FN2O2/c1-17(2)21-9-8-20(14-18(21)3)28-16-19(27)15-25-10-12-26(13-11-25)23-7-5-4-6-22(23)24/h4-9,14,17,19,27H,10-13,15-16H2,1-3H3/p+1. The molecule has 152 valence electrons. The van der Waals surface area contributed by atoms with Crippen molar-refractivity contribution in [3.63, 3.8) is 0 Å². The van der Waals surface area contributed by atoms with Crippen molar-refractivity contribution in [2.45, 2.75) is 32.8 Å². The molecule has 1 aliphatic heterocycles. The first kappa shape index (κ1) is 20.6. The number of nitrogens with zero attached hydrogens (tertiary/aromatic N) is 1. The van der Waals surface area contributed by atoms with E-state index in [9.17, 15) is 9.50 Å². The Labute approximate surface area is 167 Å². The second-order valence-electron chi connectivity index (χ2n) is 8.03. The van der Waals surface area contributed by atoms with E-state index >= 15 is 0 Å². The Morgan fingerprint density at radius 1 is 1.14 bits per heavy atom. The molecule has 2 aromatic carbocycles. The number of aliphatic hydroxyl groups is 1. The zero-order valence-electron chi connectivity index (χ0n) is 17.1. The van der Waals surface area contributed by atoms with Gasteiger partial charge in [-0.05, 0) is 48.2 Å². The summed E-state index contributed by atoms with van der Waals surface area (Å²) in [5, 5.41) is 10.4. The summed E-state index contributed by atoms with van der Waals surface area (Å²) < 4.78 is 19.7. The number of rotatable bonds is 7. The molecule has 0 aliphatic carbocycles. The van der Waals surface area contributed by atoms with Gasteiger partial charge >= 0.3 is 0 Å². The van der Waals surface area contributed by atoms with Crippen molar-refractivity contribution >= 4 is 5.69 Å². The van der Waals surface area contributed by atoms with Crippen LogP contribution in [-0.4, -0.2) is 50.5 Å². The third kappa shape index (κ3) is 5.24. The van der Waals surface area contributed by atoms with E-state index in [4.69, 9.17) is 4.74 Å². The Morgan fingerprint density at radius 3 is 2.50 bits per heavy atom. The van der Waals surface area contributed by atoms with Crippen LogP contribution in [0.25, 0.3) is 0 Å². The van der Waals surface area contributed by atoms with Gasteiger partial charge in [-0.3, -0.25) is 0 Å². The van der Waals surface area contributed by atoms with E-state index in [1.165, 1.54) is 22.1 Å². The van der Waals surface area contributed by atoms with Crippen LogP contribution in [-0.2, 0) is 0 Å². The van der Waals surface area contributed by atoms with Crippen molar-refractivity contribution in [2.24, 2.45) is 0 Å². The smallest absolute Gasteiger partial charge is 0.146 e. The van der Waals surface area contributed by atoms with Crippen LogP contribution < -0.4 is 14.5 Å². The summed E-state index contributed by atoms with van der Waals surface area (Å²) in [7, 11) is 0. The van der Waals surface area contributed by atoms with Gasteiger partial charge in [-0.25, -0.2) is 4.39 Å². The number of aliphatic hydroxyl groups excluding tert-OH is 1. The van der Waals surface area contributed by atoms with Crippen molar-refractivity contribution in [1.29, 1.82) is 0 Å². The first-order valence-corrected chi connectivity index (χ1v) is 10.2. The summed E-state index contributed by atoms with van der Waals surface area (Å²) >= 11 is 0. The number of hydrogen-bond acceptors (Lipinski definition) is 3. The molecule has 5 heteroatoms.